The van der Waals surface area contributed by atoms with E-state index < -0.39 is 0 Å². The van der Waals surface area contributed by atoms with Crippen LogP contribution in [0.25, 0.3) is 11.1 Å². The number of unbranched alkanes of at least 4 members (excludes halogenated alkanes) is 3. The minimum Gasteiger partial charge on any atom is -0.299 e. The van der Waals surface area contributed by atoms with Gasteiger partial charge in [0.2, 0.25) is 5.91 Å². The summed E-state index contributed by atoms with van der Waals surface area (Å²) < 4.78 is 0. The van der Waals surface area contributed by atoms with E-state index in [4.69, 9.17) is 5.21 Å². The van der Waals surface area contributed by atoms with E-state index in [1.165, 1.54) is 5.56 Å². The molecule has 0 unspecified atom stereocenters. The van der Waals surface area contributed by atoms with Crippen LogP contribution in [0.4, 0.5) is 0 Å². The topological polar surface area (TPSA) is 66.4 Å². The minimum atomic E-state index is -0.352. The number of amides is 1. The van der Waals surface area contributed by atoms with Crippen molar-refractivity contribution < 1.29 is 14.8 Å². The lowest BCUT2D eigenvalue weighted by atomic mass is 10.00. The lowest BCUT2D eigenvalue weighted by Gasteiger charge is -2.05. The molecule has 0 bridgehead atoms. The van der Waals surface area contributed by atoms with Gasteiger partial charge in [0.1, 0.15) is 5.78 Å². The number of rotatable bonds is 10. The smallest absolute Gasteiger partial charge is 0.243 e. The number of ketones is 1. The van der Waals surface area contributed by atoms with Crippen molar-refractivity contribution in [1.82, 2.24) is 5.48 Å². The molecule has 2 aromatic carbocycles. The second-order valence-corrected chi connectivity index (χ2v) is 6.23. The summed E-state index contributed by atoms with van der Waals surface area (Å²) in [6, 6.07) is 18.3. The summed E-state index contributed by atoms with van der Waals surface area (Å²) in [7, 11) is 0. The fourth-order valence-corrected chi connectivity index (χ4v) is 2.78. The van der Waals surface area contributed by atoms with Crippen LogP contribution in [-0.2, 0) is 16.0 Å². The Bertz CT molecular complexity index is 665. The molecule has 4 heteroatoms. The summed E-state index contributed by atoms with van der Waals surface area (Å²) in [5, 5.41) is 8.39. The van der Waals surface area contributed by atoms with Crippen LogP contribution >= 0.6 is 0 Å². The third-order valence-electron chi connectivity index (χ3n) is 4.20. The van der Waals surface area contributed by atoms with Gasteiger partial charge in [-0.1, -0.05) is 67.4 Å². The molecule has 2 rings (SSSR count). The summed E-state index contributed by atoms with van der Waals surface area (Å²) in [4.78, 5) is 22.9. The molecule has 1 amide bonds. The third kappa shape index (κ3) is 6.89. The van der Waals surface area contributed by atoms with Crippen LogP contribution in [0.1, 0.15) is 44.1 Å². The first kappa shape index (κ1) is 18.9. The SMILES string of the molecule is O=C(CCCCCCC(=O)NO)Cc1ccc(-c2ccccc2)cc1. The van der Waals surface area contributed by atoms with Gasteiger partial charge in [0.05, 0.1) is 0 Å². The van der Waals surface area contributed by atoms with Crippen LogP contribution in [0.3, 0.4) is 0 Å². The van der Waals surface area contributed by atoms with Gasteiger partial charge in [-0.2, -0.15) is 0 Å². The Kier molecular flexibility index (Phi) is 7.86. The molecule has 0 fully saturated rings. The number of carbonyl (C=O) groups excluding carboxylic acids is 2. The molecule has 2 N–H and O–H groups in total. The maximum atomic E-state index is 12.1. The fourth-order valence-electron chi connectivity index (χ4n) is 2.78. The van der Waals surface area contributed by atoms with E-state index >= 15 is 0 Å². The van der Waals surface area contributed by atoms with Crippen molar-refractivity contribution >= 4 is 11.7 Å². The molecule has 0 radical (unpaired) electrons. The van der Waals surface area contributed by atoms with Gasteiger partial charge in [-0.15, -0.1) is 0 Å². The molecule has 0 heterocycles. The largest absolute Gasteiger partial charge is 0.299 e. The molecule has 4 nitrogen and oxygen atoms in total. The van der Waals surface area contributed by atoms with E-state index in [1.807, 2.05) is 30.3 Å². The lowest BCUT2D eigenvalue weighted by molar-refractivity contribution is -0.129. The second-order valence-electron chi connectivity index (χ2n) is 6.23. The maximum absolute atomic E-state index is 12.1. The number of Topliss-reactive ketones (excluding diaryl/α,β-unsaturated/α-hetero) is 1. The first-order valence-corrected chi connectivity index (χ1v) is 8.78. The molecule has 2 aromatic rings. The van der Waals surface area contributed by atoms with Gasteiger partial charge < -0.3 is 0 Å². The minimum absolute atomic E-state index is 0.251. The molecule has 0 atom stereocenters. The van der Waals surface area contributed by atoms with Gasteiger partial charge in [0.15, 0.2) is 0 Å². The van der Waals surface area contributed by atoms with Crippen LogP contribution < -0.4 is 5.48 Å². The molecular formula is C21H25NO3. The normalized spacial score (nSPS) is 10.4. The van der Waals surface area contributed by atoms with Crippen molar-refractivity contribution in [3.8, 4) is 11.1 Å². The lowest BCUT2D eigenvalue weighted by Crippen LogP contribution is -2.17. The fraction of sp³-hybridized carbons (Fsp3) is 0.333. The van der Waals surface area contributed by atoms with Gasteiger partial charge in [0, 0.05) is 19.3 Å². The molecule has 132 valence electrons. The highest BCUT2D eigenvalue weighted by atomic mass is 16.5. The van der Waals surface area contributed by atoms with E-state index in [1.54, 1.807) is 5.48 Å². The Hall–Kier alpha value is -2.46. The Morgan fingerprint density at radius 1 is 0.760 bits per heavy atom. The molecule has 0 saturated heterocycles. The quantitative estimate of drug-likeness (QED) is 0.385. The maximum Gasteiger partial charge on any atom is 0.243 e. The van der Waals surface area contributed by atoms with E-state index in [-0.39, 0.29) is 11.7 Å². The molecular weight excluding hydrogens is 314 g/mol. The summed E-state index contributed by atoms with van der Waals surface area (Å²) in [6.07, 6.45) is 4.79. The van der Waals surface area contributed by atoms with Crippen LogP contribution in [0.15, 0.2) is 54.6 Å². The van der Waals surface area contributed by atoms with Crippen LogP contribution in [-0.4, -0.2) is 16.9 Å². The monoisotopic (exact) mass is 339 g/mol. The van der Waals surface area contributed by atoms with Crippen molar-refractivity contribution in [3.63, 3.8) is 0 Å². The van der Waals surface area contributed by atoms with Gasteiger partial charge in [0.25, 0.3) is 0 Å². The summed E-state index contributed by atoms with van der Waals surface area (Å²) in [6.45, 7) is 0. The summed E-state index contributed by atoms with van der Waals surface area (Å²) in [5.41, 5.74) is 5.00. The molecule has 0 saturated carbocycles. The van der Waals surface area contributed by atoms with Crippen molar-refractivity contribution in [1.29, 1.82) is 0 Å². The van der Waals surface area contributed by atoms with E-state index in [0.29, 0.717) is 19.3 Å². The first-order chi connectivity index (χ1) is 12.2. The van der Waals surface area contributed by atoms with Crippen LogP contribution in [0, 0.1) is 0 Å². The number of carbonyl (C=O) groups is 2. The standard InChI is InChI=1S/C21H25NO3/c23-20(10-6-1-2-7-11-21(24)22-25)16-17-12-14-19(15-13-17)18-8-4-3-5-9-18/h3-5,8-9,12-15,25H,1-2,6-7,10-11,16H2,(H,22,24). The molecule has 0 aliphatic heterocycles. The van der Waals surface area contributed by atoms with Crippen molar-refractivity contribution in [2.45, 2.75) is 44.9 Å². The zero-order valence-corrected chi connectivity index (χ0v) is 14.4. The van der Waals surface area contributed by atoms with Gasteiger partial charge >= 0.3 is 0 Å². The number of hydrogen-bond donors (Lipinski definition) is 2. The van der Waals surface area contributed by atoms with Crippen LogP contribution in [0.5, 0.6) is 0 Å². The van der Waals surface area contributed by atoms with Crippen LogP contribution in [0.2, 0.25) is 0 Å². The molecule has 25 heavy (non-hydrogen) atoms. The Morgan fingerprint density at radius 2 is 1.36 bits per heavy atom. The summed E-state index contributed by atoms with van der Waals surface area (Å²) in [5.74, 6) is -0.101. The third-order valence-corrected chi connectivity index (χ3v) is 4.20. The number of hydroxylamine groups is 1. The molecule has 0 spiro atoms. The zero-order valence-electron chi connectivity index (χ0n) is 14.4. The van der Waals surface area contributed by atoms with Crippen molar-refractivity contribution in [3.05, 3.63) is 60.2 Å². The number of hydrogen-bond acceptors (Lipinski definition) is 3. The highest BCUT2D eigenvalue weighted by Crippen LogP contribution is 2.19. The number of benzene rings is 2. The first-order valence-electron chi connectivity index (χ1n) is 8.78. The van der Waals surface area contributed by atoms with Crippen molar-refractivity contribution in [2.75, 3.05) is 0 Å². The highest BCUT2D eigenvalue weighted by molar-refractivity contribution is 5.81. The van der Waals surface area contributed by atoms with E-state index in [2.05, 4.69) is 24.3 Å². The predicted octanol–water partition coefficient (Wildman–Crippen LogP) is 4.31. The van der Waals surface area contributed by atoms with Gasteiger partial charge in [-0.25, -0.2) is 5.48 Å². The van der Waals surface area contributed by atoms with E-state index in [0.717, 1.165) is 36.8 Å². The average molecular weight is 339 g/mol. The number of nitrogens with one attached hydrogen (secondary N) is 1. The molecule has 0 aliphatic carbocycles. The Balaban J connectivity index is 1.68. The van der Waals surface area contributed by atoms with Gasteiger partial charge in [-0.3, -0.25) is 14.8 Å². The van der Waals surface area contributed by atoms with E-state index in [9.17, 15) is 9.59 Å². The second kappa shape index (κ2) is 10.4. The molecule has 0 aliphatic rings. The highest BCUT2D eigenvalue weighted by Gasteiger charge is 2.05. The Morgan fingerprint density at radius 3 is 2.00 bits per heavy atom. The predicted molar refractivity (Wildman–Crippen MR) is 98.2 cm³/mol. The molecule has 0 aromatic heterocycles. The zero-order chi connectivity index (χ0) is 17.9. The average Bonchev–Trinajstić information content (AvgIpc) is 2.65. The van der Waals surface area contributed by atoms with Crippen molar-refractivity contribution in [2.24, 2.45) is 0 Å². The summed E-state index contributed by atoms with van der Waals surface area (Å²) >= 11 is 0. The van der Waals surface area contributed by atoms with Gasteiger partial charge in [-0.05, 0) is 29.5 Å². The Labute approximate surface area is 148 Å².